The summed E-state index contributed by atoms with van der Waals surface area (Å²) >= 11 is 0. The number of anilines is 1. The van der Waals surface area contributed by atoms with Crippen LogP contribution in [0.5, 0.6) is 0 Å². The maximum absolute atomic E-state index is 11.6. The Morgan fingerprint density at radius 3 is 2.65 bits per heavy atom. The van der Waals surface area contributed by atoms with Gasteiger partial charge in [0.25, 0.3) is 0 Å². The monoisotopic (exact) mass is 277 g/mol. The van der Waals surface area contributed by atoms with E-state index in [-0.39, 0.29) is 0 Å². The largest absolute Gasteiger partial charge is 0.444 e. The molecule has 0 aliphatic heterocycles. The molecule has 1 saturated carbocycles. The van der Waals surface area contributed by atoms with E-state index in [2.05, 4.69) is 15.6 Å². The zero-order valence-corrected chi connectivity index (χ0v) is 12.4. The zero-order valence-electron chi connectivity index (χ0n) is 12.4. The number of carbonyl (C=O) groups is 1. The van der Waals surface area contributed by atoms with Crippen LogP contribution >= 0.6 is 0 Å². The number of nitrogens with one attached hydrogen (secondary N) is 2. The lowest BCUT2D eigenvalue weighted by atomic mass is 9.93. The van der Waals surface area contributed by atoms with Crippen LogP contribution in [0, 0.1) is 0 Å². The second-order valence-corrected chi connectivity index (χ2v) is 6.19. The first kappa shape index (κ1) is 14.8. The fourth-order valence-corrected chi connectivity index (χ4v) is 1.89. The smallest absolute Gasteiger partial charge is 0.413 e. The summed E-state index contributed by atoms with van der Waals surface area (Å²) in [4.78, 5) is 15.8. The van der Waals surface area contributed by atoms with E-state index in [9.17, 15) is 4.79 Å². The topological polar surface area (TPSA) is 63.2 Å². The molecule has 20 heavy (non-hydrogen) atoms. The molecule has 5 nitrogen and oxygen atoms in total. The third-order valence-corrected chi connectivity index (χ3v) is 3.15. The van der Waals surface area contributed by atoms with Crippen molar-refractivity contribution >= 4 is 11.9 Å². The number of pyridine rings is 1. The number of carbonyl (C=O) groups excluding carboxylic acids is 1. The molecule has 0 bridgehead atoms. The van der Waals surface area contributed by atoms with Gasteiger partial charge in [-0.2, -0.15) is 0 Å². The van der Waals surface area contributed by atoms with Crippen LogP contribution in [0.15, 0.2) is 18.3 Å². The fourth-order valence-electron chi connectivity index (χ4n) is 1.89. The highest BCUT2D eigenvalue weighted by molar-refractivity contribution is 5.83. The average molecular weight is 277 g/mol. The summed E-state index contributed by atoms with van der Waals surface area (Å²) in [5, 5.41) is 6.09. The number of amides is 1. The minimum atomic E-state index is -0.503. The van der Waals surface area contributed by atoms with Crippen molar-refractivity contribution < 1.29 is 9.53 Å². The molecule has 0 aromatic carbocycles. The molecule has 2 rings (SSSR count). The Morgan fingerprint density at radius 2 is 2.15 bits per heavy atom. The van der Waals surface area contributed by atoms with Crippen LogP contribution in [-0.4, -0.2) is 22.7 Å². The van der Waals surface area contributed by atoms with Crippen molar-refractivity contribution in [1.29, 1.82) is 0 Å². The number of aromatic nitrogens is 1. The summed E-state index contributed by atoms with van der Waals surface area (Å²) in [6.07, 6.45) is 5.16. The van der Waals surface area contributed by atoms with Crippen LogP contribution in [-0.2, 0) is 11.3 Å². The number of ether oxygens (including phenoxy) is 1. The van der Waals surface area contributed by atoms with Crippen LogP contribution in [0.4, 0.5) is 10.6 Å². The van der Waals surface area contributed by atoms with Crippen LogP contribution in [0.3, 0.4) is 0 Å². The molecule has 1 amide bonds. The van der Waals surface area contributed by atoms with Gasteiger partial charge in [-0.25, -0.2) is 9.78 Å². The van der Waals surface area contributed by atoms with Crippen LogP contribution in [0.1, 0.15) is 45.6 Å². The summed E-state index contributed by atoms with van der Waals surface area (Å²) in [5.74, 6) is 0.506. The van der Waals surface area contributed by atoms with Gasteiger partial charge in [0, 0.05) is 18.8 Å². The molecule has 1 aliphatic rings. The van der Waals surface area contributed by atoms with Gasteiger partial charge >= 0.3 is 6.09 Å². The van der Waals surface area contributed by atoms with Gasteiger partial charge < -0.3 is 10.1 Å². The van der Waals surface area contributed by atoms with Crippen molar-refractivity contribution in [2.45, 2.75) is 58.2 Å². The van der Waals surface area contributed by atoms with Gasteiger partial charge in [-0.05, 0) is 45.2 Å². The first-order valence-corrected chi connectivity index (χ1v) is 7.11. The maximum Gasteiger partial charge on any atom is 0.413 e. The minimum absolute atomic E-state index is 0.481. The third-order valence-electron chi connectivity index (χ3n) is 3.15. The fraction of sp³-hybridized carbons (Fsp3) is 0.600. The lowest BCUT2D eigenvalue weighted by Crippen LogP contribution is -2.34. The predicted molar refractivity (Wildman–Crippen MR) is 78.6 cm³/mol. The van der Waals surface area contributed by atoms with E-state index in [4.69, 9.17) is 4.74 Å². The van der Waals surface area contributed by atoms with Gasteiger partial charge in [-0.1, -0.05) is 12.5 Å². The molecule has 1 aromatic rings. The van der Waals surface area contributed by atoms with Crippen molar-refractivity contribution in [1.82, 2.24) is 10.3 Å². The Morgan fingerprint density at radius 1 is 1.40 bits per heavy atom. The average Bonchev–Trinajstić information content (AvgIpc) is 2.26. The highest BCUT2D eigenvalue weighted by Gasteiger charge is 2.17. The quantitative estimate of drug-likeness (QED) is 0.887. The molecular weight excluding hydrogens is 254 g/mol. The van der Waals surface area contributed by atoms with Gasteiger partial charge in [0.2, 0.25) is 0 Å². The molecule has 0 spiro atoms. The van der Waals surface area contributed by atoms with E-state index in [1.807, 2.05) is 26.8 Å². The van der Waals surface area contributed by atoms with Gasteiger partial charge in [0.05, 0.1) is 0 Å². The summed E-state index contributed by atoms with van der Waals surface area (Å²) in [6, 6.07) is 4.42. The van der Waals surface area contributed by atoms with Crippen molar-refractivity contribution in [3.05, 3.63) is 23.9 Å². The highest BCUT2D eigenvalue weighted by Crippen LogP contribution is 2.18. The highest BCUT2D eigenvalue weighted by atomic mass is 16.6. The second-order valence-electron chi connectivity index (χ2n) is 6.19. The van der Waals surface area contributed by atoms with Gasteiger partial charge in [0.15, 0.2) is 0 Å². The maximum atomic E-state index is 11.6. The number of rotatable bonds is 4. The van der Waals surface area contributed by atoms with Gasteiger partial charge in [-0.3, -0.25) is 5.32 Å². The summed E-state index contributed by atoms with van der Waals surface area (Å²) in [6.45, 7) is 6.31. The second kappa shape index (κ2) is 6.22. The molecule has 0 radical (unpaired) electrons. The van der Waals surface area contributed by atoms with Crippen molar-refractivity contribution in [2.75, 3.05) is 5.32 Å². The van der Waals surface area contributed by atoms with E-state index in [0.717, 1.165) is 12.1 Å². The first-order chi connectivity index (χ1) is 9.42. The van der Waals surface area contributed by atoms with Crippen LogP contribution in [0.2, 0.25) is 0 Å². The summed E-state index contributed by atoms with van der Waals surface area (Å²) < 4.78 is 5.17. The van der Waals surface area contributed by atoms with E-state index < -0.39 is 11.7 Å². The normalized spacial score (nSPS) is 15.6. The van der Waals surface area contributed by atoms with Gasteiger partial charge in [0.1, 0.15) is 11.4 Å². The number of nitrogens with zero attached hydrogens (tertiary/aromatic N) is 1. The van der Waals surface area contributed by atoms with E-state index in [1.165, 1.54) is 19.3 Å². The lowest BCUT2D eigenvalue weighted by Gasteiger charge is -2.26. The SMILES string of the molecule is CC(C)(C)OC(=O)Nc1ccc(CNC2CCC2)cn1. The molecule has 1 aliphatic carbocycles. The van der Waals surface area contributed by atoms with Crippen LogP contribution < -0.4 is 10.6 Å². The zero-order chi connectivity index (χ0) is 14.6. The Labute approximate surface area is 120 Å². The van der Waals surface area contributed by atoms with E-state index >= 15 is 0 Å². The summed E-state index contributed by atoms with van der Waals surface area (Å²) in [5.41, 5.74) is 0.614. The van der Waals surface area contributed by atoms with Gasteiger partial charge in [-0.15, -0.1) is 0 Å². The molecular formula is C15H23N3O2. The molecule has 110 valence electrons. The molecule has 0 saturated heterocycles. The Bertz CT molecular complexity index is 447. The molecule has 1 aromatic heterocycles. The minimum Gasteiger partial charge on any atom is -0.444 e. The predicted octanol–water partition coefficient (Wildman–Crippen LogP) is 3.07. The molecule has 2 N–H and O–H groups in total. The lowest BCUT2D eigenvalue weighted by molar-refractivity contribution is 0.0635. The van der Waals surface area contributed by atoms with Crippen molar-refractivity contribution in [3.8, 4) is 0 Å². The first-order valence-electron chi connectivity index (χ1n) is 7.11. The molecule has 1 fully saturated rings. The van der Waals surface area contributed by atoms with E-state index in [1.54, 1.807) is 12.3 Å². The van der Waals surface area contributed by atoms with E-state index in [0.29, 0.717) is 11.9 Å². The molecule has 1 heterocycles. The molecule has 5 heteroatoms. The Balaban J connectivity index is 1.79. The summed E-state index contributed by atoms with van der Waals surface area (Å²) in [7, 11) is 0. The Hall–Kier alpha value is -1.62. The third kappa shape index (κ3) is 4.81. The molecule has 0 unspecified atom stereocenters. The number of hydrogen-bond acceptors (Lipinski definition) is 4. The number of hydrogen-bond donors (Lipinski definition) is 2. The standard InChI is InChI=1S/C15H23N3O2/c1-15(2,3)20-14(19)18-13-8-7-11(10-17-13)9-16-12-5-4-6-12/h7-8,10,12,16H,4-6,9H2,1-3H3,(H,17,18,19). The van der Waals surface area contributed by atoms with Crippen LogP contribution in [0.25, 0.3) is 0 Å². The van der Waals surface area contributed by atoms with Crippen molar-refractivity contribution in [3.63, 3.8) is 0 Å². The van der Waals surface area contributed by atoms with Crippen molar-refractivity contribution in [2.24, 2.45) is 0 Å². The Kier molecular flexibility index (Phi) is 4.60. The molecule has 0 atom stereocenters.